The molecule has 0 fully saturated rings. The molecule has 5 nitrogen and oxygen atoms in total. The van der Waals surface area contributed by atoms with Gasteiger partial charge in [-0.3, -0.25) is 0 Å². The van der Waals surface area contributed by atoms with Crippen molar-refractivity contribution >= 4 is 49.5 Å². The second-order valence-electron chi connectivity index (χ2n) is 12.7. The maximum absolute atomic E-state index is 6.52. The Morgan fingerprint density at radius 2 is 1.04 bits per heavy atom. The molecule has 0 saturated carbocycles. The van der Waals surface area contributed by atoms with E-state index in [0.29, 0.717) is 17.5 Å². The number of nitrogens with zero attached hydrogens (tertiary/aromatic N) is 3. The lowest BCUT2D eigenvalue weighted by Crippen LogP contribution is -2.00. The van der Waals surface area contributed by atoms with Crippen LogP contribution >= 0.6 is 0 Å². The number of aromatic nitrogens is 3. The van der Waals surface area contributed by atoms with Crippen LogP contribution in [0.15, 0.2) is 161 Å². The van der Waals surface area contributed by atoms with Crippen LogP contribution in [-0.2, 0) is 0 Å². The smallest absolute Gasteiger partial charge is 0.164 e. The van der Waals surface area contributed by atoms with Gasteiger partial charge in [-0.2, -0.15) is 0 Å². The van der Waals surface area contributed by atoms with E-state index in [1.54, 1.807) is 0 Å². The third-order valence-corrected chi connectivity index (χ3v) is 9.65. The first-order chi connectivity index (χ1) is 24.8. The Morgan fingerprint density at radius 3 is 1.82 bits per heavy atom. The quantitative estimate of drug-likeness (QED) is 0.187. The molecule has 50 heavy (non-hydrogen) atoms. The van der Waals surface area contributed by atoms with Gasteiger partial charge in [-0.05, 0) is 65.4 Å². The van der Waals surface area contributed by atoms with Gasteiger partial charge < -0.3 is 8.83 Å². The van der Waals surface area contributed by atoms with E-state index < -0.39 is 0 Å². The summed E-state index contributed by atoms with van der Waals surface area (Å²) in [6, 6.07) is 45.6. The summed E-state index contributed by atoms with van der Waals surface area (Å²) in [5.41, 5.74) is 10.8. The molecule has 236 valence electrons. The minimum Gasteiger partial charge on any atom is -0.456 e. The summed E-state index contributed by atoms with van der Waals surface area (Å²) in [4.78, 5) is 15.3. The van der Waals surface area contributed by atoms with Gasteiger partial charge in [0.2, 0.25) is 0 Å². The molecule has 0 bridgehead atoms. The van der Waals surface area contributed by atoms with Gasteiger partial charge in [0, 0.05) is 38.2 Å². The lowest BCUT2D eigenvalue weighted by Gasteiger charge is -2.12. The highest BCUT2D eigenvalue weighted by molar-refractivity contribution is 6.18. The fourth-order valence-corrected chi connectivity index (χ4v) is 7.21. The van der Waals surface area contributed by atoms with Crippen LogP contribution in [0.4, 0.5) is 0 Å². The number of benzene rings is 6. The molecule has 5 heteroatoms. The first kappa shape index (κ1) is 28.4. The standard InChI is InChI=1S/C45H29N3O2/c1-3-11-28(12-4-1)29-21-23-31(24-22-29)44-46-43(30-13-5-2-6-14-30)47-45(48-44)35-17-10-20-40-42(35)41-33(16-9-19-39(41)50-40)32-25-26-38-36(27-32)34-15-7-8-18-37(34)49-38/h1-3,5-11,13-27H,4,12H2. The molecule has 10 rings (SSSR count). The zero-order chi connectivity index (χ0) is 33.0. The van der Waals surface area contributed by atoms with Crippen molar-refractivity contribution in [1.82, 2.24) is 15.0 Å². The zero-order valence-electron chi connectivity index (χ0n) is 27.0. The average molecular weight is 644 g/mol. The lowest BCUT2D eigenvalue weighted by atomic mass is 9.96. The van der Waals surface area contributed by atoms with Crippen LogP contribution in [0.2, 0.25) is 0 Å². The monoisotopic (exact) mass is 643 g/mol. The van der Waals surface area contributed by atoms with Crippen LogP contribution in [0, 0.1) is 0 Å². The molecule has 0 unspecified atom stereocenters. The molecule has 3 aromatic heterocycles. The number of allylic oxidation sites excluding steroid dienone is 4. The highest BCUT2D eigenvalue weighted by Gasteiger charge is 2.21. The minimum absolute atomic E-state index is 0.595. The van der Waals surface area contributed by atoms with Crippen molar-refractivity contribution in [3.05, 3.63) is 157 Å². The fourth-order valence-electron chi connectivity index (χ4n) is 7.21. The largest absolute Gasteiger partial charge is 0.456 e. The molecule has 6 aromatic carbocycles. The van der Waals surface area contributed by atoms with Gasteiger partial charge >= 0.3 is 0 Å². The van der Waals surface area contributed by atoms with E-state index in [0.717, 1.165) is 84.5 Å². The Balaban J connectivity index is 1.18. The molecular formula is C45H29N3O2. The van der Waals surface area contributed by atoms with Crippen molar-refractivity contribution in [2.45, 2.75) is 12.8 Å². The zero-order valence-corrected chi connectivity index (χ0v) is 27.0. The maximum atomic E-state index is 6.52. The predicted molar refractivity (Wildman–Crippen MR) is 202 cm³/mol. The number of hydrogen-bond donors (Lipinski definition) is 0. The summed E-state index contributed by atoms with van der Waals surface area (Å²) in [5.74, 6) is 1.84. The number of fused-ring (bicyclic) bond motifs is 6. The van der Waals surface area contributed by atoms with E-state index in [1.165, 1.54) is 11.1 Å². The Labute approximate surface area is 287 Å². The molecule has 1 aliphatic rings. The first-order valence-electron chi connectivity index (χ1n) is 16.9. The number of rotatable bonds is 5. The van der Waals surface area contributed by atoms with Gasteiger partial charge in [0.05, 0.1) is 0 Å². The van der Waals surface area contributed by atoms with Crippen LogP contribution < -0.4 is 0 Å². The fraction of sp³-hybridized carbons (Fsp3) is 0.0444. The Hall–Kier alpha value is -6.59. The molecule has 0 radical (unpaired) electrons. The highest BCUT2D eigenvalue weighted by atomic mass is 16.3. The number of furan rings is 2. The molecular weight excluding hydrogens is 615 g/mol. The van der Waals surface area contributed by atoms with Crippen molar-refractivity contribution in [3.63, 3.8) is 0 Å². The summed E-state index contributed by atoms with van der Waals surface area (Å²) in [6.45, 7) is 0. The topological polar surface area (TPSA) is 65.0 Å². The maximum Gasteiger partial charge on any atom is 0.164 e. The predicted octanol–water partition coefficient (Wildman–Crippen LogP) is 12.1. The van der Waals surface area contributed by atoms with Crippen molar-refractivity contribution in [3.8, 4) is 45.3 Å². The molecule has 3 heterocycles. The second-order valence-corrected chi connectivity index (χ2v) is 12.7. The number of para-hydroxylation sites is 1. The molecule has 0 aliphatic heterocycles. The van der Waals surface area contributed by atoms with Crippen LogP contribution in [-0.4, -0.2) is 15.0 Å². The molecule has 0 N–H and O–H groups in total. The Kier molecular flexibility index (Phi) is 6.56. The first-order valence-corrected chi connectivity index (χ1v) is 16.9. The number of hydrogen-bond acceptors (Lipinski definition) is 5. The van der Waals surface area contributed by atoms with Crippen molar-refractivity contribution in [1.29, 1.82) is 0 Å². The summed E-state index contributed by atoms with van der Waals surface area (Å²) >= 11 is 0. The molecule has 0 atom stereocenters. The van der Waals surface area contributed by atoms with E-state index in [2.05, 4.69) is 85.0 Å². The van der Waals surface area contributed by atoms with Gasteiger partial charge in [0.25, 0.3) is 0 Å². The molecule has 9 aromatic rings. The van der Waals surface area contributed by atoms with Crippen LogP contribution in [0.5, 0.6) is 0 Å². The van der Waals surface area contributed by atoms with Gasteiger partial charge in [0.1, 0.15) is 22.3 Å². The van der Waals surface area contributed by atoms with Crippen LogP contribution in [0.25, 0.3) is 94.7 Å². The summed E-state index contributed by atoms with van der Waals surface area (Å²) < 4.78 is 12.7. The van der Waals surface area contributed by atoms with Crippen molar-refractivity contribution in [2.75, 3.05) is 0 Å². The molecule has 0 saturated heterocycles. The SMILES string of the molecule is C1=CCCC(c2ccc(-c3nc(-c4ccccc4)nc(-c4cccc5oc6cccc(-c7ccc8oc9ccccc9c8c7)c6c45)n3)cc2)=C1. The van der Waals surface area contributed by atoms with Crippen LogP contribution in [0.3, 0.4) is 0 Å². The summed E-state index contributed by atoms with van der Waals surface area (Å²) in [7, 11) is 0. The molecule has 1 aliphatic carbocycles. The third kappa shape index (κ3) is 4.74. The molecule has 0 amide bonds. The second kappa shape index (κ2) is 11.5. The van der Waals surface area contributed by atoms with Crippen molar-refractivity contribution < 1.29 is 8.83 Å². The normalized spacial score (nSPS) is 13.1. The Morgan fingerprint density at radius 1 is 0.440 bits per heavy atom. The third-order valence-electron chi connectivity index (χ3n) is 9.65. The van der Waals surface area contributed by atoms with Crippen LogP contribution in [0.1, 0.15) is 18.4 Å². The van der Waals surface area contributed by atoms with E-state index in [4.69, 9.17) is 23.8 Å². The van der Waals surface area contributed by atoms with E-state index in [-0.39, 0.29) is 0 Å². The van der Waals surface area contributed by atoms with E-state index in [1.807, 2.05) is 66.7 Å². The Bertz CT molecular complexity index is 2810. The summed E-state index contributed by atoms with van der Waals surface area (Å²) in [6.07, 6.45) is 8.66. The average Bonchev–Trinajstić information content (AvgIpc) is 3.77. The highest BCUT2D eigenvalue weighted by Crippen LogP contribution is 2.42. The van der Waals surface area contributed by atoms with Gasteiger partial charge in [-0.25, -0.2) is 15.0 Å². The van der Waals surface area contributed by atoms with Gasteiger partial charge in [0.15, 0.2) is 17.5 Å². The summed E-state index contributed by atoms with van der Waals surface area (Å²) in [5, 5.41) is 4.17. The van der Waals surface area contributed by atoms with Crippen molar-refractivity contribution in [2.24, 2.45) is 0 Å². The minimum atomic E-state index is 0.595. The van der Waals surface area contributed by atoms with Gasteiger partial charge in [-0.1, -0.05) is 121 Å². The van der Waals surface area contributed by atoms with E-state index >= 15 is 0 Å². The van der Waals surface area contributed by atoms with Gasteiger partial charge in [-0.15, -0.1) is 0 Å². The van der Waals surface area contributed by atoms with E-state index in [9.17, 15) is 0 Å². The lowest BCUT2D eigenvalue weighted by molar-refractivity contribution is 0.669. The molecule has 0 spiro atoms.